The van der Waals surface area contributed by atoms with Gasteiger partial charge in [0.05, 0.1) is 6.20 Å². The highest BCUT2D eigenvalue weighted by molar-refractivity contribution is 5.45. The molecule has 0 bridgehead atoms. The van der Waals surface area contributed by atoms with E-state index in [2.05, 4.69) is 29.1 Å². The number of aromatic nitrogens is 2. The molecule has 17 heavy (non-hydrogen) atoms. The molecule has 0 radical (unpaired) electrons. The molecule has 0 aliphatic carbocycles. The molecule has 0 amide bonds. The van der Waals surface area contributed by atoms with E-state index in [0.29, 0.717) is 23.6 Å². The molecule has 0 aromatic carbocycles. The molecule has 1 aliphatic rings. The van der Waals surface area contributed by atoms with E-state index in [1.165, 1.54) is 6.20 Å². The molecule has 4 nitrogen and oxygen atoms in total. The van der Waals surface area contributed by atoms with Crippen molar-refractivity contribution in [3.8, 4) is 0 Å². The first-order valence-electron chi connectivity index (χ1n) is 6.13. The first-order valence-corrected chi connectivity index (χ1v) is 6.13. The molecule has 2 heterocycles. The molecular formula is C12H19FN4. The normalized spacial score (nSPS) is 24.1. The fraction of sp³-hybridized carbons (Fsp3) is 0.667. The number of anilines is 2. The van der Waals surface area contributed by atoms with E-state index in [1.807, 2.05) is 11.8 Å². The summed E-state index contributed by atoms with van der Waals surface area (Å²) in [6.45, 7) is 8.80. The lowest BCUT2D eigenvalue weighted by atomic mass is 10.0. The van der Waals surface area contributed by atoms with Crippen molar-refractivity contribution < 1.29 is 4.39 Å². The number of nitrogens with one attached hydrogen (secondary N) is 1. The van der Waals surface area contributed by atoms with Crippen LogP contribution in [0.5, 0.6) is 0 Å². The number of rotatable bonds is 3. The zero-order valence-corrected chi connectivity index (χ0v) is 10.6. The molecule has 5 heteroatoms. The predicted octanol–water partition coefficient (Wildman–Crippen LogP) is 2.14. The predicted molar refractivity (Wildman–Crippen MR) is 66.7 cm³/mol. The van der Waals surface area contributed by atoms with Gasteiger partial charge in [-0.2, -0.15) is 4.98 Å². The Labute approximate surface area is 101 Å². The van der Waals surface area contributed by atoms with Gasteiger partial charge in [0, 0.05) is 19.6 Å². The van der Waals surface area contributed by atoms with Crippen LogP contribution in [-0.2, 0) is 0 Å². The van der Waals surface area contributed by atoms with E-state index in [1.54, 1.807) is 0 Å². The molecule has 1 aliphatic heterocycles. The van der Waals surface area contributed by atoms with Crippen molar-refractivity contribution in [3.05, 3.63) is 12.0 Å². The van der Waals surface area contributed by atoms with Crippen molar-refractivity contribution in [2.24, 2.45) is 11.8 Å². The van der Waals surface area contributed by atoms with Crippen LogP contribution in [-0.4, -0.2) is 29.6 Å². The lowest BCUT2D eigenvalue weighted by Crippen LogP contribution is -2.23. The Morgan fingerprint density at radius 3 is 2.65 bits per heavy atom. The third-order valence-electron chi connectivity index (χ3n) is 3.35. The van der Waals surface area contributed by atoms with Gasteiger partial charge in [-0.3, -0.25) is 0 Å². The molecule has 1 aromatic rings. The smallest absolute Gasteiger partial charge is 0.224 e. The SMILES string of the molecule is CCNc1ncc(F)c(N2CC(C)C(C)C2)n1. The molecule has 0 spiro atoms. The van der Waals surface area contributed by atoms with Crippen LogP contribution in [0.3, 0.4) is 0 Å². The number of halogens is 1. The molecule has 94 valence electrons. The van der Waals surface area contributed by atoms with Gasteiger partial charge in [0.1, 0.15) is 0 Å². The summed E-state index contributed by atoms with van der Waals surface area (Å²) in [5, 5.41) is 3.01. The monoisotopic (exact) mass is 238 g/mol. The van der Waals surface area contributed by atoms with Crippen molar-refractivity contribution in [2.75, 3.05) is 29.9 Å². The molecule has 2 atom stereocenters. The maximum absolute atomic E-state index is 13.7. The van der Waals surface area contributed by atoms with Gasteiger partial charge in [0.15, 0.2) is 11.6 Å². The van der Waals surface area contributed by atoms with Crippen LogP contribution in [0.4, 0.5) is 16.2 Å². The third kappa shape index (κ3) is 2.48. The van der Waals surface area contributed by atoms with Gasteiger partial charge in [-0.05, 0) is 18.8 Å². The zero-order chi connectivity index (χ0) is 12.4. The minimum Gasteiger partial charge on any atom is -0.354 e. The second-order valence-corrected chi connectivity index (χ2v) is 4.76. The summed E-state index contributed by atoms with van der Waals surface area (Å²) in [5.41, 5.74) is 0. The Morgan fingerprint density at radius 2 is 2.06 bits per heavy atom. The van der Waals surface area contributed by atoms with Crippen molar-refractivity contribution in [1.29, 1.82) is 0 Å². The summed E-state index contributed by atoms with van der Waals surface area (Å²) in [4.78, 5) is 10.2. The summed E-state index contributed by atoms with van der Waals surface area (Å²) in [5.74, 6) is 1.73. The summed E-state index contributed by atoms with van der Waals surface area (Å²) >= 11 is 0. The largest absolute Gasteiger partial charge is 0.354 e. The van der Waals surface area contributed by atoms with Gasteiger partial charge in [0.25, 0.3) is 0 Å². The fourth-order valence-electron chi connectivity index (χ4n) is 2.13. The fourth-order valence-corrected chi connectivity index (χ4v) is 2.13. The second-order valence-electron chi connectivity index (χ2n) is 4.76. The van der Waals surface area contributed by atoms with E-state index in [9.17, 15) is 4.39 Å². The standard InChI is InChI=1S/C12H19FN4/c1-4-14-12-15-5-10(13)11(16-12)17-6-8(2)9(3)7-17/h5,8-9H,4,6-7H2,1-3H3,(H,14,15,16). The van der Waals surface area contributed by atoms with Gasteiger partial charge in [0.2, 0.25) is 5.95 Å². The average molecular weight is 238 g/mol. The maximum Gasteiger partial charge on any atom is 0.224 e. The summed E-state index contributed by atoms with van der Waals surface area (Å²) in [6.07, 6.45) is 1.24. The summed E-state index contributed by atoms with van der Waals surface area (Å²) in [7, 11) is 0. The van der Waals surface area contributed by atoms with Gasteiger partial charge in [-0.25, -0.2) is 9.37 Å². The van der Waals surface area contributed by atoms with E-state index >= 15 is 0 Å². The lowest BCUT2D eigenvalue weighted by molar-refractivity contribution is 0.494. The molecule has 1 N–H and O–H groups in total. The van der Waals surface area contributed by atoms with E-state index in [-0.39, 0.29) is 5.82 Å². The van der Waals surface area contributed by atoms with Crippen LogP contribution >= 0.6 is 0 Å². The lowest BCUT2D eigenvalue weighted by Gasteiger charge is -2.18. The van der Waals surface area contributed by atoms with Gasteiger partial charge in [-0.15, -0.1) is 0 Å². The van der Waals surface area contributed by atoms with E-state index in [4.69, 9.17) is 0 Å². The first kappa shape index (κ1) is 12.1. The Morgan fingerprint density at radius 1 is 1.41 bits per heavy atom. The second kappa shape index (κ2) is 4.85. The maximum atomic E-state index is 13.7. The first-order chi connectivity index (χ1) is 8.11. The van der Waals surface area contributed by atoms with Crippen LogP contribution in [0.15, 0.2) is 6.20 Å². The van der Waals surface area contributed by atoms with Gasteiger partial charge in [-0.1, -0.05) is 13.8 Å². The van der Waals surface area contributed by atoms with E-state index in [0.717, 1.165) is 19.6 Å². The molecule has 0 saturated carbocycles. The quantitative estimate of drug-likeness (QED) is 0.876. The van der Waals surface area contributed by atoms with Gasteiger partial charge >= 0.3 is 0 Å². The summed E-state index contributed by atoms with van der Waals surface area (Å²) < 4.78 is 13.7. The Hall–Kier alpha value is -1.39. The van der Waals surface area contributed by atoms with Crippen molar-refractivity contribution in [1.82, 2.24) is 9.97 Å². The Bertz CT molecular complexity index is 386. The highest BCUT2D eigenvalue weighted by Crippen LogP contribution is 2.28. The number of hydrogen-bond donors (Lipinski definition) is 1. The average Bonchev–Trinajstić information content (AvgIpc) is 2.62. The highest BCUT2D eigenvalue weighted by Gasteiger charge is 2.28. The number of hydrogen-bond acceptors (Lipinski definition) is 4. The highest BCUT2D eigenvalue weighted by atomic mass is 19.1. The molecule has 2 unspecified atom stereocenters. The molecular weight excluding hydrogens is 219 g/mol. The van der Waals surface area contributed by atoms with Gasteiger partial charge < -0.3 is 10.2 Å². The van der Waals surface area contributed by atoms with Crippen molar-refractivity contribution >= 4 is 11.8 Å². The molecule has 2 rings (SSSR count). The van der Waals surface area contributed by atoms with Crippen LogP contribution in [0.1, 0.15) is 20.8 Å². The van der Waals surface area contributed by atoms with Crippen LogP contribution in [0.2, 0.25) is 0 Å². The minimum atomic E-state index is -0.340. The minimum absolute atomic E-state index is 0.340. The van der Waals surface area contributed by atoms with Crippen LogP contribution in [0.25, 0.3) is 0 Å². The number of nitrogens with zero attached hydrogens (tertiary/aromatic N) is 3. The Kier molecular flexibility index (Phi) is 3.45. The van der Waals surface area contributed by atoms with Crippen LogP contribution in [0, 0.1) is 17.7 Å². The topological polar surface area (TPSA) is 41.1 Å². The summed E-state index contributed by atoms with van der Waals surface area (Å²) in [6, 6.07) is 0. The molecule has 1 aromatic heterocycles. The van der Waals surface area contributed by atoms with Crippen molar-refractivity contribution in [3.63, 3.8) is 0 Å². The third-order valence-corrected chi connectivity index (χ3v) is 3.35. The van der Waals surface area contributed by atoms with E-state index < -0.39 is 0 Å². The Balaban J connectivity index is 2.22. The van der Waals surface area contributed by atoms with Crippen molar-refractivity contribution in [2.45, 2.75) is 20.8 Å². The molecule has 1 fully saturated rings. The molecule has 1 saturated heterocycles. The van der Waals surface area contributed by atoms with Crippen LogP contribution < -0.4 is 10.2 Å². The zero-order valence-electron chi connectivity index (χ0n) is 10.6.